The highest BCUT2D eigenvalue weighted by Gasteiger charge is 2.55. The minimum Gasteiger partial charge on any atom is -0.368 e. The molecule has 1 aromatic heterocycles. The highest BCUT2D eigenvalue weighted by Crippen LogP contribution is 2.55. The summed E-state index contributed by atoms with van der Waals surface area (Å²) in [6.07, 6.45) is 1.56. The Balaban J connectivity index is 1.81. The van der Waals surface area contributed by atoms with Gasteiger partial charge in [-0.15, -0.1) is 0 Å². The van der Waals surface area contributed by atoms with Gasteiger partial charge in [-0.05, 0) is 17.9 Å². The summed E-state index contributed by atoms with van der Waals surface area (Å²) in [6.45, 7) is 0.550. The molecule has 3 rings (SSSR count). The number of rotatable bonds is 7. The van der Waals surface area contributed by atoms with Gasteiger partial charge in [0.1, 0.15) is 6.35 Å². The van der Waals surface area contributed by atoms with Gasteiger partial charge in [0, 0.05) is 24.2 Å². The third-order valence-corrected chi connectivity index (χ3v) is 5.03. The molecule has 1 saturated carbocycles. The molecule has 2 atom stereocenters. The number of nitrogens with one attached hydrogen (secondary N) is 1. The number of H-pyrrole nitrogens is 1. The van der Waals surface area contributed by atoms with E-state index in [1.54, 1.807) is 0 Å². The molecule has 0 aliphatic heterocycles. The Morgan fingerprint density at radius 3 is 2.60 bits per heavy atom. The van der Waals surface area contributed by atoms with Gasteiger partial charge in [-0.3, -0.25) is 18.9 Å². The molecule has 8 nitrogen and oxygen atoms in total. The predicted molar refractivity (Wildman–Crippen MR) is 90.4 cm³/mol. The van der Waals surface area contributed by atoms with Crippen molar-refractivity contribution in [2.24, 2.45) is 5.92 Å². The third-order valence-electron chi connectivity index (χ3n) is 4.51. The van der Waals surface area contributed by atoms with E-state index in [1.807, 2.05) is 30.3 Å². The van der Waals surface area contributed by atoms with Crippen molar-refractivity contribution in [2.45, 2.75) is 18.4 Å². The smallest absolute Gasteiger partial charge is 0.350 e. The molecular weight excluding hydrogens is 347 g/mol. The second kappa shape index (κ2) is 6.72. The van der Waals surface area contributed by atoms with Crippen LogP contribution < -0.4 is 11.2 Å². The van der Waals surface area contributed by atoms with Crippen molar-refractivity contribution in [3.8, 4) is 0 Å². The summed E-state index contributed by atoms with van der Waals surface area (Å²) >= 11 is 0. The van der Waals surface area contributed by atoms with Crippen LogP contribution in [0.3, 0.4) is 0 Å². The zero-order valence-corrected chi connectivity index (χ0v) is 14.3. The van der Waals surface area contributed by atoms with E-state index in [4.69, 9.17) is 14.5 Å². The fraction of sp³-hybridized carbons (Fsp3) is 0.375. The van der Waals surface area contributed by atoms with E-state index in [0.29, 0.717) is 6.54 Å². The monoisotopic (exact) mass is 366 g/mol. The summed E-state index contributed by atoms with van der Waals surface area (Å²) in [7, 11) is -4.20. The average Bonchev–Trinajstić information content (AvgIpc) is 3.24. The van der Waals surface area contributed by atoms with Crippen LogP contribution in [0.15, 0.2) is 52.2 Å². The summed E-state index contributed by atoms with van der Waals surface area (Å²) in [5.74, 6) is 0.0280. The first-order chi connectivity index (χ1) is 11.8. The van der Waals surface area contributed by atoms with Gasteiger partial charge in [0.2, 0.25) is 0 Å². The molecular formula is C16H19N2O6P. The van der Waals surface area contributed by atoms with Gasteiger partial charge < -0.3 is 14.5 Å². The molecule has 1 aromatic carbocycles. The summed E-state index contributed by atoms with van der Waals surface area (Å²) < 4.78 is 17.5. The van der Waals surface area contributed by atoms with Gasteiger partial charge in [-0.2, -0.15) is 0 Å². The minimum atomic E-state index is -4.20. The number of ether oxygens (including phenoxy) is 1. The van der Waals surface area contributed by atoms with E-state index in [-0.39, 0.29) is 17.9 Å². The van der Waals surface area contributed by atoms with Crippen LogP contribution in [0.2, 0.25) is 0 Å². The van der Waals surface area contributed by atoms with Crippen LogP contribution in [-0.4, -0.2) is 32.3 Å². The van der Waals surface area contributed by atoms with Crippen LogP contribution in [0.5, 0.6) is 0 Å². The first kappa shape index (κ1) is 17.8. The van der Waals surface area contributed by atoms with E-state index in [1.165, 1.54) is 16.8 Å². The molecule has 0 spiro atoms. The Bertz CT molecular complexity index is 903. The van der Waals surface area contributed by atoms with Gasteiger partial charge in [-0.25, -0.2) is 4.79 Å². The van der Waals surface area contributed by atoms with Crippen LogP contribution in [0, 0.1) is 5.92 Å². The molecule has 0 unspecified atom stereocenters. The molecule has 2 aromatic rings. The van der Waals surface area contributed by atoms with Crippen LogP contribution in [0.25, 0.3) is 0 Å². The highest BCUT2D eigenvalue weighted by atomic mass is 31.2. The Morgan fingerprint density at radius 1 is 1.24 bits per heavy atom. The SMILES string of the molecule is O=c1ccn(C[C@]2(c3ccccc3)C[C@@H]2COCP(=O)(O)O)c(=O)[nH]1. The second-order valence-electron chi connectivity index (χ2n) is 6.33. The maximum Gasteiger partial charge on any atom is 0.350 e. The normalized spacial score (nSPS) is 22.7. The number of benzene rings is 1. The van der Waals surface area contributed by atoms with Crippen molar-refractivity contribution in [2.75, 3.05) is 13.0 Å². The van der Waals surface area contributed by atoms with Crippen molar-refractivity contribution in [3.63, 3.8) is 0 Å². The molecule has 0 radical (unpaired) electrons. The van der Waals surface area contributed by atoms with Gasteiger partial charge >= 0.3 is 13.3 Å². The molecule has 1 fully saturated rings. The largest absolute Gasteiger partial charge is 0.368 e. The lowest BCUT2D eigenvalue weighted by molar-refractivity contribution is 0.140. The highest BCUT2D eigenvalue weighted by molar-refractivity contribution is 7.51. The number of aromatic amines is 1. The third kappa shape index (κ3) is 4.16. The van der Waals surface area contributed by atoms with Crippen LogP contribution in [-0.2, 0) is 21.3 Å². The van der Waals surface area contributed by atoms with E-state index >= 15 is 0 Å². The van der Waals surface area contributed by atoms with Crippen LogP contribution in [0.4, 0.5) is 0 Å². The maximum atomic E-state index is 12.0. The van der Waals surface area contributed by atoms with Gasteiger partial charge in [0.15, 0.2) is 0 Å². The van der Waals surface area contributed by atoms with E-state index in [2.05, 4.69) is 4.98 Å². The summed E-state index contributed by atoms with van der Waals surface area (Å²) in [5.41, 5.74) is -0.270. The minimum absolute atomic E-state index is 0.0280. The molecule has 25 heavy (non-hydrogen) atoms. The standard InChI is InChI=1S/C16H19N2O6P/c19-14-6-7-18(15(20)17-14)10-16(12-4-2-1-3-5-12)8-13(16)9-24-11-25(21,22)23/h1-7,13H,8-11H2,(H,17,19,20)(H2,21,22,23)/t13-,16+/m1/s1. The van der Waals surface area contributed by atoms with Crippen LogP contribution >= 0.6 is 7.60 Å². The van der Waals surface area contributed by atoms with E-state index in [9.17, 15) is 14.2 Å². The number of nitrogens with zero attached hydrogens (tertiary/aromatic N) is 1. The molecule has 3 N–H and O–H groups in total. The van der Waals surface area contributed by atoms with Crippen molar-refractivity contribution >= 4 is 7.60 Å². The second-order valence-corrected chi connectivity index (χ2v) is 7.91. The molecule has 1 aliphatic carbocycles. The number of hydrogen-bond acceptors (Lipinski definition) is 4. The zero-order chi connectivity index (χ0) is 18.1. The molecule has 134 valence electrons. The molecule has 0 saturated heterocycles. The van der Waals surface area contributed by atoms with Gasteiger partial charge in [0.05, 0.1) is 6.61 Å². The Morgan fingerprint density at radius 2 is 1.96 bits per heavy atom. The first-order valence-corrected chi connectivity index (χ1v) is 9.58. The van der Waals surface area contributed by atoms with Gasteiger partial charge in [0.25, 0.3) is 5.56 Å². The summed E-state index contributed by atoms with van der Waals surface area (Å²) in [5, 5.41) is 0. The Kier molecular flexibility index (Phi) is 4.79. The van der Waals surface area contributed by atoms with Crippen molar-refractivity contribution in [1.29, 1.82) is 0 Å². The number of aromatic nitrogens is 2. The van der Waals surface area contributed by atoms with Crippen molar-refractivity contribution in [1.82, 2.24) is 9.55 Å². The molecule has 1 heterocycles. The van der Waals surface area contributed by atoms with E-state index < -0.39 is 25.2 Å². The zero-order valence-electron chi connectivity index (χ0n) is 13.4. The Hall–Kier alpha value is -1.99. The van der Waals surface area contributed by atoms with Crippen molar-refractivity contribution < 1.29 is 19.1 Å². The van der Waals surface area contributed by atoms with E-state index in [0.717, 1.165) is 12.0 Å². The van der Waals surface area contributed by atoms with Crippen LogP contribution in [0.1, 0.15) is 12.0 Å². The lowest BCUT2D eigenvalue weighted by Gasteiger charge is -2.19. The molecule has 0 bridgehead atoms. The quantitative estimate of drug-likeness (QED) is 0.619. The topological polar surface area (TPSA) is 122 Å². The first-order valence-electron chi connectivity index (χ1n) is 7.78. The summed E-state index contributed by atoms with van der Waals surface area (Å²) in [4.78, 5) is 43.3. The maximum absolute atomic E-state index is 12.0. The molecule has 9 heteroatoms. The fourth-order valence-corrected chi connectivity index (χ4v) is 3.54. The average molecular weight is 366 g/mol. The fourth-order valence-electron chi connectivity index (χ4n) is 3.19. The predicted octanol–water partition coefficient (Wildman–Crippen LogP) is 0.646. The number of hydrogen-bond donors (Lipinski definition) is 3. The van der Waals surface area contributed by atoms with Crippen molar-refractivity contribution in [3.05, 3.63) is 69.0 Å². The lowest BCUT2D eigenvalue weighted by Crippen LogP contribution is -2.33. The van der Waals surface area contributed by atoms with Gasteiger partial charge in [-0.1, -0.05) is 30.3 Å². The molecule has 1 aliphatic rings. The Labute approximate surface area is 143 Å². The summed E-state index contributed by atoms with van der Waals surface area (Å²) in [6, 6.07) is 10.9. The molecule has 0 amide bonds. The lowest BCUT2D eigenvalue weighted by atomic mass is 9.93.